The minimum atomic E-state index is -0.480. The number of unbranched alkanes of at least 4 members (excludes halogenated alkanes) is 2. The van der Waals surface area contributed by atoms with E-state index in [9.17, 15) is 9.59 Å². The van der Waals surface area contributed by atoms with Crippen molar-refractivity contribution in [1.82, 2.24) is 0 Å². The van der Waals surface area contributed by atoms with Crippen molar-refractivity contribution >= 4 is 11.9 Å². The molecule has 0 spiro atoms. The lowest BCUT2D eigenvalue weighted by Crippen LogP contribution is -2.24. The molecule has 4 heteroatoms. The molecule has 0 unspecified atom stereocenters. The van der Waals surface area contributed by atoms with Crippen LogP contribution < -0.4 is 0 Å². The predicted molar refractivity (Wildman–Crippen MR) is 63.4 cm³/mol. The zero-order chi connectivity index (χ0) is 12.5. The molecule has 17 heavy (non-hydrogen) atoms. The third-order valence-electron chi connectivity index (χ3n) is 2.68. The third kappa shape index (κ3) is 6.09. The van der Waals surface area contributed by atoms with Gasteiger partial charge >= 0.3 is 11.9 Å². The van der Waals surface area contributed by atoms with Gasteiger partial charge in [-0.05, 0) is 25.7 Å². The maximum atomic E-state index is 11.2. The number of rotatable bonds is 7. The quantitative estimate of drug-likeness (QED) is 0.389. The van der Waals surface area contributed by atoms with Crippen molar-refractivity contribution in [2.75, 3.05) is 6.61 Å². The van der Waals surface area contributed by atoms with Crippen molar-refractivity contribution in [3.8, 4) is 0 Å². The fraction of sp³-hybridized carbons (Fsp3) is 0.692. The minimum Gasteiger partial charge on any atom is -0.463 e. The molecule has 4 nitrogen and oxygen atoms in total. The summed E-state index contributed by atoms with van der Waals surface area (Å²) in [7, 11) is 0. The Morgan fingerprint density at radius 3 is 2.47 bits per heavy atom. The first kappa shape index (κ1) is 13.7. The van der Waals surface area contributed by atoms with Crippen molar-refractivity contribution < 1.29 is 19.1 Å². The summed E-state index contributed by atoms with van der Waals surface area (Å²) in [5.74, 6) is -0.938. The second kappa shape index (κ2) is 7.87. The van der Waals surface area contributed by atoms with Gasteiger partial charge in [-0.3, -0.25) is 0 Å². The van der Waals surface area contributed by atoms with E-state index in [1.54, 1.807) is 0 Å². The van der Waals surface area contributed by atoms with E-state index in [2.05, 4.69) is 6.92 Å². The molecule has 0 aliphatic heterocycles. The molecule has 0 N–H and O–H groups in total. The monoisotopic (exact) mass is 240 g/mol. The summed E-state index contributed by atoms with van der Waals surface area (Å²) in [6.45, 7) is 2.49. The maximum Gasteiger partial charge on any atom is 0.331 e. The summed E-state index contributed by atoms with van der Waals surface area (Å²) in [6.07, 6.45) is 8.29. The molecule has 1 saturated carbocycles. The molecular weight excluding hydrogens is 220 g/mol. The Labute approximate surface area is 102 Å². The molecule has 1 fully saturated rings. The molecule has 0 saturated heterocycles. The van der Waals surface area contributed by atoms with Crippen LogP contribution in [0.4, 0.5) is 0 Å². The Bertz CT molecular complexity index is 279. The molecule has 0 bridgehead atoms. The second-order valence-corrected chi connectivity index (χ2v) is 4.20. The summed E-state index contributed by atoms with van der Waals surface area (Å²) in [4.78, 5) is 22.4. The number of ether oxygens (including phenoxy) is 2. The first-order valence-corrected chi connectivity index (χ1v) is 6.28. The summed E-state index contributed by atoms with van der Waals surface area (Å²) >= 11 is 0. The van der Waals surface area contributed by atoms with E-state index in [0.29, 0.717) is 6.61 Å². The van der Waals surface area contributed by atoms with Crippen LogP contribution in [0.25, 0.3) is 0 Å². The van der Waals surface area contributed by atoms with Gasteiger partial charge in [0.2, 0.25) is 0 Å². The molecule has 1 aliphatic carbocycles. The molecule has 0 heterocycles. The van der Waals surface area contributed by atoms with Gasteiger partial charge in [0.05, 0.1) is 6.61 Å². The van der Waals surface area contributed by atoms with Gasteiger partial charge in [0.25, 0.3) is 0 Å². The van der Waals surface area contributed by atoms with Gasteiger partial charge in [0.1, 0.15) is 6.10 Å². The van der Waals surface area contributed by atoms with Gasteiger partial charge in [-0.15, -0.1) is 0 Å². The van der Waals surface area contributed by atoms with E-state index in [4.69, 9.17) is 9.47 Å². The summed E-state index contributed by atoms with van der Waals surface area (Å²) in [6, 6.07) is 0. The van der Waals surface area contributed by atoms with Gasteiger partial charge in [-0.1, -0.05) is 19.8 Å². The van der Waals surface area contributed by atoms with E-state index in [1.807, 2.05) is 0 Å². The van der Waals surface area contributed by atoms with Crippen LogP contribution >= 0.6 is 0 Å². The highest BCUT2D eigenvalue weighted by Gasteiger charge is 2.20. The van der Waals surface area contributed by atoms with Crippen LogP contribution in [0.15, 0.2) is 12.2 Å². The Kier molecular flexibility index (Phi) is 6.37. The van der Waals surface area contributed by atoms with E-state index in [1.165, 1.54) is 0 Å². The zero-order valence-corrected chi connectivity index (χ0v) is 10.3. The van der Waals surface area contributed by atoms with Crippen LogP contribution in [-0.4, -0.2) is 24.6 Å². The smallest absolute Gasteiger partial charge is 0.331 e. The molecule has 0 aromatic heterocycles. The van der Waals surface area contributed by atoms with Crippen LogP contribution in [0.5, 0.6) is 0 Å². The van der Waals surface area contributed by atoms with Gasteiger partial charge in [-0.25, -0.2) is 9.59 Å². The maximum absolute atomic E-state index is 11.2. The standard InChI is InChI=1S/C13H20O4/c1-2-3-4-10-16-12(14)8-9-13(15)17-11-6-5-7-11/h8-9,11H,2-7,10H2,1H3/b9-8+. The lowest BCUT2D eigenvalue weighted by molar-refractivity contribution is -0.147. The molecule has 0 amide bonds. The number of carbonyl (C=O) groups excluding carboxylic acids is 2. The average Bonchev–Trinajstić information content (AvgIpc) is 2.27. The van der Waals surface area contributed by atoms with E-state index in [0.717, 1.165) is 50.7 Å². The minimum absolute atomic E-state index is 0.0488. The molecule has 0 atom stereocenters. The number of esters is 2. The normalized spacial score (nSPS) is 15.6. The highest BCUT2D eigenvalue weighted by Crippen LogP contribution is 2.21. The van der Waals surface area contributed by atoms with Crippen LogP contribution in [0.2, 0.25) is 0 Å². The van der Waals surface area contributed by atoms with Crippen molar-refractivity contribution in [3.63, 3.8) is 0 Å². The molecule has 1 aliphatic rings. The average molecular weight is 240 g/mol. The molecular formula is C13H20O4. The van der Waals surface area contributed by atoms with Crippen LogP contribution in [0, 0.1) is 0 Å². The number of carbonyl (C=O) groups is 2. The van der Waals surface area contributed by atoms with Crippen molar-refractivity contribution in [3.05, 3.63) is 12.2 Å². The Morgan fingerprint density at radius 1 is 1.18 bits per heavy atom. The Morgan fingerprint density at radius 2 is 1.88 bits per heavy atom. The van der Waals surface area contributed by atoms with Crippen LogP contribution in [-0.2, 0) is 19.1 Å². The summed E-state index contributed by atoms with van der Waals surface area (Å²) in [5.41, 5.74) is 0. The van der Waals surface area contributed by atoms with Gasteiger partial charge in [0.15, 0.2) is 0 Å². The number of hydrogen-bond donors (Lipinski definition) is 0. The number of hydrogen-bond acceptors (Lipinski definition) is 4. The predicted octanol–water partition coefficient (Wildman–Crippen LogP) is 2.37. The van der Waals surface area contributed by atoms with Gasteiger partial charge in [0, 0.05) is 12.2 Å². The molecule has 0 aromatic rings. The zero-order valence-electron chi connectivity index (χ0n) is 10.3. The highest BCUT2D eigenvalue weighted by molar-refractivity contribution is 5.91. The third-order valence-corrected chi connectivity index (χ3v) is 2.68. The van der Waals surface area contributed by atoms with Crippen LogP contribution in [0.1, 0.15) is 45.4 Å². The van der Waals surface area contributed by atoms with Crippen molar-refractivity contribution in [2.24, 2.45) is 0 Å². The molecule has 1 rings (SSSR count). The molecule has 0 radical (unpaired) electrons. The lowest BCUT2D eigenvalue weighted by atomic mass is 9.96. The first-order chi connectivity index (χ1) is 8.22. The molecule has 0 aromatic carbocycles. The van der Waals surface area contributed by atoms with Crippen molar-refractivity contribution in [1.29, 1.82) is 0 Å². The Hall–Kier alpha value is -1.32. The summed E-state index contributed by atoms with van der Waals surface area (Å²) < 4.78 is 9.95. The van der Waals surface area contributed by atoms with Gasteiger partial charge in [-0.2, -0.15) is 0 Å². The lowest BCUT2D eigenvalue weighted by Gasteiger charge is -2.24. The van der Waals surface area contributed by atoms with Gasteiger partial charge < -0.3 is 9.47 Å². The van der Waals surface area contributed by atoms with E-state index in [-0.39, 0.29) is 6.10 Å². The SMILES string of the molecule is CCCCCOC(=O)/C=C/C(=O)OC1CCC1. The summed E-state index contributed by atoms with van der Waals surface area (Å²) in [5, 5.41) is 0. The van der Waals surface area contributed by atoms with E-state index < -0.39 is 11.9 Å². The van der Waals surface area contributed by atoms with Crippen LogP contribution in [0.3, 0.4) is 0 Å². The largest absolute Gasteiger partial charge is 0.463 e. The highest BCUT2D eigenvalue weighted by atomic mass is 16.5. The Balaban J connectivity index is 2.08. The second-order valence-electron chi connectivity index (χ2n) is 4.20. The fourth-order valence-corrected chi connectivity index (χ4v) is 1.40. The van der Waals surface area contributed by atoms with Crippen molar-refractivity contribution in [2.45, 2.75) is 51.6 Å². The first-order valence-electron chi connectivity index (χ1n) is 6.28. The van der Waals surface area contributed by atoms with E-state index >= 15 is 0 Å². The fourth-order valence-electron chi connectivity index (χ4n) is 1.40. The topological polar surface area (TPSA) is 52.6 Å². The molecule has 96 valence electrons.